The summed E-state index contributed by atoms with van der Waals surface area (Å²) in [5.74, 6) is -0.179. The lowest BCUT2D eigenvalue weighted by Crippen LogP contribution is -2.58. The lowest BCUT2D eigenvalue weighted by molar-refractivity contribution is 0.115. The number of hydrogen-bond donors (Lipinski definition) is 1. The van der Waals surface area contributed by atoms with Crippen LogP contribution in [0.2, 0.25) is 0 Å². The van der Waals surface area contributed by atoms with Crippen molar-refractivity contribution in [2.45, 2.75) is 44.8 Å². The first-order chi connectivity index (χ1) is 9.67. The van der Waals surface area contributed by atoms with Crippen LogP contribution < -0.4 is 10.6 Å². The SMILES string of the molecule is CC1CN2CCCCC2CN1c1cc(F)cc(CN)c1. The minimum absolute atomic E-state index is 0.179. The van der Waals surface area contributed by atoms with Crippen LogP contribution in [-0.2, 0) is 6.54 Å². The number of piperidine rings is 1. The summed E-state index contributed by atoms with van der Waals surface area (Å²) in [6.45, 7) is 5.94. The number of nitrogens with two attached hydrogens (primary N) is 1. The van der Waals surface area contributed by atoms with Gasteiger partial charge in [-0.15, -0.1) is 0 Å². The van der Waals surface area contributed by atoms with E-state index in [-0.39, 0.29) is 5.82 Å². The fourth-order valence-corrected chi connectivity index (χ4v) is 3.63. The first-order valence-electron chi connectivity index (χ1n) is 7.67. The van der Waals surface area contributed by atoms with Crippen molar-refractivity contribution in [3.63, 3.8) is 0 Å². The smallest absolute Gasteiger partial charge is 0.125 e. The van der Waals surface area contributed by atoms with Crippen molar-refractivity contribution in [2.75, 3.05) is 24.5 Å². The van der Waals surface area contributed by atoms with Gasteiger partial charge >= 0.3 is 0 Å². The molecule has 2 atom stereocenters. The predicted octanol–water partition coefficient (Wildman–Crippen LogP) is 2.35. The maximum absolute atomic E-state index is 13.7. The van der Waals surface area contributed by atoms with Crippen molar-refractivity contribution in [3.05, 3.63) is 29.6 Å². The van der Waals surface area contributed by atoms with Gasteiger partial charge in [-0.1, -0.05) is 6.42 Å². The van der Waals surface area contributed by atoms with Crippen LogP contribution in [-0.4, -0.2) is 36.6 Å². The highest BCUT2D eigenvalue weighted by molar-refractivity contribution is 5.50. The van der Waals surface area contributed by atoms with Gasteiger partial charge in [0.2, 0.25) is 0 Å². The average molecular weight is 277 g/mol. The Bertz CT molecular complexity index is 477. The fraction of sp³-hybridized carbons (Fsp3) is 0.625. The molecule has 0 radical (unpaired) electrons. The van der Waals surface area contributed by atoms with E-state index < -0.39 is 0 Å². The molecule has 0 spiro atoms. The molecule has 1 aromatic carbocycles. The van der Waals surface area contributed by atoms with E-state index in [9.17, 15) is 4.39 Å². The van der Waals surface area contributed by atoms with Crippen molar-refractivity contribution in [3.8, 4) is 0 Å². The highest BCUT2D eigenvalue weighted by Gasteiger charge is 2.33. The Morgan fingerprint density at radius 1 is 1.25 bits per heavy atom. The molecule has 2 aliphatic rings. The molecule has 20 heavy (non-hydrogen) atoms. The van der Waals surface area contributed by atoms with Crippen LogP contribution in [0.4, 0.5) is 10.1 Å². The van der Waals surface area contributed by atoms with Gasteiger partial charge in [-0.05, 0) is 50.1 Å². The van der Waals surface area contributed by atoms with Crippen molar-refractivity contribution >= 4 is 5.69 Å². The molecule has 0 saturated carbocycles. The van der Waals surface area contributed by atoms with E-state index >= 15 is 0 Å². The van der Waals surface area contributed by atoms with Crippen LogP contribution in [0.5, 0.6) is 0 Å². The number of benzene rings is 1. The third-order valence-corrected chi connectivity index (χ3v) is 4.70. The van der Waals surface area contributed by atoms with Gasteiger partial charge in [-0.3, -0.25) is 4.90 Å². The zero-order valence-corrected chi connectivity index (χ0v) is 12.2. The van der Waals surface area contributed by atoms with Crippen molar-refractivity contribution in [1.29, 1.82) is 0 Å². The van der Waals surface area contributed by atoms with Crippen LogP contribution >= 0.6 is 0 Å². The molecule has 0 amide bonds. The summed E-state index contributed by atoms with van der Waals surface area (Å²) in [5, 5.41) is 0. The van der Waals surface area contributed by atoms with E-state index in [4.69, 9.17) is 5.73 Å². The molecular weight excluding hydrogens is 253 g/mol. The van der Waals surface area contributed by atoms with Crippen LogP contribution in [0.3, 0.4) is 0 Å². The van der Waals surface area contributed by atoms with Gasteiger partial charge < -0.3 is 10.6 Å². The van der Waals surface area contributed by atoms with E-state index in [0.717, 1.165) is 24.3 Å². The Morgan fingerprint density at radius 3 is 2.90 bits per heavy atom. The second-order valence-electron chi connectivity index (χ2n) is 6.17. The number of hydrogen-bond acceptors (Lipinski definition) is 3. The van der Waals surface area contributed by atoms with Crippen LogP contribution in [0.15, 0.2) is 18.2 Å². The second-order valence-corrected chi connectivity index (χ2v) is 6.17. The molecule has 3 rings (SSSR count). The first kappa shape index (κ1) is 13.8. The number of rotatable bonds is 2. The van der Waals surface area contributed by atoms with Gasteiger partial charge in [0.25, 0.3) is 0 Å². The van der Waals surface area contributed by atoms with E-state index in [1.165, 1.54) is 31.9 Å². The fourth-order valence-electron chi connectivity index (χ4n) is 3.63. The Labute approximate surface area is 120 Å². The molecule has 2 saturated heterocycles. The number of halogens is 1. The molecule has 0 bridgehead atoms. The van der Waals surface area contributed by atoms with Crippen molar-refractivity contribution in [2.24, 2.45) is 5.73 Å². The van der Waals surface area contributed by atoms with Crippen molar-refractivity contribution < 1.29 is 4.39 Å². The van der Waals surface area contributed by atoms with Gasteiger partial charge in [0.15, 0.2) is 0 Å². The zero-order chi connectivity index (χ0) is 14.1. The minimum atomic E-state index is -0.179. The summed E-state index contributed by atoms with van der Waals surface area (Å²) in [6.07, 6.45) is 3.91. The van der Waals surface area contributed by atoms with Crippen LogP contribution in [0.1, 0.15) is 31.7 Å². The Kier molecular flexibility index (Phi) is 3.94. The molecule has 3 nitrogen and oxygen atoms in total. The maximum atomic E-state index is 13.7. The van der Waals surface area contributed by atoms with E-state index in [2.05, 4.69) is 16.7 Å². The average Bonchev–Trinajstić information content (AvgIpc) is 2.45. The number of anilines is 1. The second kappa shape index (κ2) is 5.70. The van der Waals surface area contributed by atoms with Crippen LogP contribution in [0, 0.1) is 5.82 Å². The van der Waals surface area contributed by atoms with E-state index in [1.54, 1.807) is 6.07 Å². The topological polar surface area (TPSA) is 32.5 Å². The standard InChI is InChI=1S/C16H24FN3/c1-12-10-19-5-3-2-4-15(19)11-20(12)16-7-13(9-18)6-14(17)8-16/h6-8,12,15H,2-5,9-11,18H2,1H3. The Hall–Kier alpha value is -1.13. The summed E-state index contributed by atoms with van der Waals surface area (Å²) in [4.78, 5) is 4.96. The number of fused-ring (bicyclic) bond motifs is 1. The molecule has 2 N–H and O–H groups in total. The summed E-state index contributed by atoms with van der Waals surface area (Å²) >= 11 is 0. The maximum Gasteiger partial charge on any atom is 0.125 e. The van der Waals surface area contributed by atoms with Crippen LogP contribution in [0.25, 0.3) is 0 Å². The molecule has 2 aliphatic heterocycles. The summed E-state index contributed by atoms with van der Waals surface area (Å²) in [6, 6.07) is 6.28. The molecule has 0 aromatic heterocycles. The molecule has 2 unspecified atom stereocenters. The minimum Gasteiger partial charge on any atom is -0.366 e. The summed E-state index contributed by atoms with van der Waals surface area (Å²) in [7, 11) is 0. The highest BCUT2D eigenvalue weighted by Crippen LogP contribution is 2.29. The molecule has 4 heteroatoms. The van der Waals surface area contributed by atoms with E-state index in [0.29, 0.717) is 18.6 Å². The number of nitrogens with zero attached hydrogens (tertiary/aromatic N) is 2. The first-order valence-corrected chi connectivity index (χ1v) is 7.67. The largest absolute Gasteiger partial charge is 0.366 e. The third-order valence-electron chi connectivity index (χ3n) is 4.70. The molecule has 2 fully saturated rings. The molecule has 1 aromatic rings. The highest BCUT2D eigenvalue weighted by atomic mass is 19.1. The number of piperazine rings is 1. The normalized spacial score (nSPS) is 27.4. The quantitative estimate of drug-likeness (QED) is 0.900. The zero-order valence-electron chi connectivity index (χ0n) is 12.2. The lowest BCUT2D eigenvalue weighted by Gasteiger charge is -2.48. The molecule has 110 valence electrons. The summed E-state index contributed by atoms with van der Waals surface area (Å²) in [5.41, 5.74) is 7.53. The van der Waals surface area contributed by atoms with E-state index in [1.807, 2.05) is 6.07 Å². The monoisotopic (exact) mass is 277 g/mol. The molecule has 2 heterocycles. The van der Waals surface area contributed by atoms with Gasteiger partial charge in [0, 0.05) is 37.4 Å². The lowest BCUT2D eigenvalue weighted by atomic mass is 9.96. The predicted molar refractivity (Wildman–Crippen MR) is 80.3 cm³/mol. The van der Waals surface area contributed by atoms with Crippen molar-refractivity contribution in [1.82, 2.24) is 4.90 Å². The summed E-state index contributed by atoms with van der Waals surface area (Å²) < 4.78 is 13.7. The van der Waals surface area contributed by atoms with Gasteiger partial charge in [0.1, 0.15) is 5.82 Å². The molecular formula is C16H24FN3. The third kappa shape index (κ3) is 2.67. The van der Waals surface area contributed by atoms with Gasteiger partial charge in [0.05, 0.1) is 0 Å². The molecule has 0 aliphatic carbocycles. The Morgan fingerprint density at radius 2 is 2.10 bits per heavy atom. The van der Waals surface area contributed by atoms with Gasteiger partial charge in [-0.2, -0.15) is 0 Å². The Balaban J connectivity index is 1.83. The van der Waals surface area contributed by atoms with Gasteiger partial charge in [-0.25, -0.2) is 4.39 Å².